The highest BCUT2D eigenvalue weighted by molar-refractivity contribution is 6.18. The summed E-state index contributed by atoms with van der Waals surface area (Å²) in [6.45, 7) is 1.04. The van der Waals surface area contributed by atoms with Crippen molar-refractivity contribution in [2.75, 3.05) is 46.4 Å². The van der Waals surface area contributed by atoms with Crippen molar-refractivity contribution in [3.63, 3.8) is 0 Å². The van der Waals surface area contributed by atoms with Gasteiger partial charge in [-0.3, -0.25) is 14.4 Å². The molecule has 1 heterocycles. The van der Waals surface area contributed by atoms with Crippen LogP contribution in [0.15, 0.2) is 48.7 Å². The minimum absolute atomic E-state index is 0.276. The molecular formula is C22H26N2O7. The molecular weight excluding hydrogens is 404 g/mol. The second-order valence-electron chi connectivity index (χ2n) is 6.66. The fraction of sp³-hybridized carbons (Fsp3) is 0.364. The lowest BCUT2D eigenvalue weighted by atomic mass is 9.81. The van der Waals surface area contributed by atoms with Crippen LogP contribution in [0.4, 0.5) is 5.82 Å². The number of methoxy groups -OCH3 is 3. The van der Waals surface area contributed by atoms with E-state index in [2.05, 4.69) is 4.98 Å². The van der Waals surface area contributed by atoms with Crippen molar-refractivity contribution in [2.24, 2.45) is 5.41 Å². The number of ether oxygens (including phenoxy) is 4. The van der Waals surface area contributed by atoms with Gasteiger partial charge in [0.2, 0.25) is 0 Å². The van der Waals surface area contributed by atoms with Gasteiger partial charge in [-0.15, -0.1) is 0 Å². The summed E-state index contributed by atoms with van der Waals surface area (Å²) in [5.74, 6) is -1.72. The van der Waals surface area contributed by atoms with Crippen molar-refractivity contribution in [3.05, 3.63) is 54.2 Å². The molecule has 1 aromatic heterocycles. The molecule has 1 aromatic carbocycles. The summed E-state index contributed by atoms with van der Waals surface area (Å²) >= 11 is 0. The second-order valence-corrected chi connectivity index (χ2v) is 6.66. The Hall–Kier alpha value is -3.62. The van der Waals surface area contributed by atoms with Crippen molar-refractivity contribution in [3.8, 4) is 5.75 Å². The Kier molecular flexibility index (Phi) is 8.36. The molecule has 0 saturated carbocycles. The lowest BCUT2D eigenvalue weighted by Gasteiger charge is -2.25. The molecule has 0 atom stereocenters. The average molecular weight is 430 g/mol. The van der Waals surface area contributed by atoms with Gasteiger partial charge >= 0.3 is 17.9 Å². The number of anilines is 1. The Bertz CT molecular complexity index is 844. The van der Waals surface area contributed by atoms with E-state index in [0.29, 0.717) is 24.5 Å². The predicted octanol–water partition coefficient (Wildman–Crippen LogP) is 1.64. The summed E-state index contributed by atoms with van der Waals surface area (Å²) in [4.78, 5) is 43.3. The lowest BCUT2D eigenvalue weighted by molar-refractivity contribution is -0.180. The quantitative estimate of drug-likeness (QED) is 0.316. The van der Waals surface area contributed by atoms with Gasteiger partial charge in [0.15, 0.2) is 0 Å². The SMILES string of the molecule is COC(=O)C(Cc1ccc(OCCN(C)c2ccccn2)cc1)(C(=O)OC)C(=O)OC. The van der Waals surface area contributed by atoms with Crippen LogP contribution in [0.2, 0.25) is 0 Å². The van der Waals surface area contributed by atoms with Crippen molar-refractivity contribution in [2.45, 2.75) is 6.42 Å². The van der Waals surface area contributed by atoms with Crippen LogP contribution in [-0.4, -0.2) is 64.4 Å². The third-order valence-electron chi connectivity index (χ3n) is 4.73. The molecule has 0 spiro atoms. The van der Waals surface area contributed by atoms with Gasteiger partial charge in [0.05, 0.1) is 27.9 Å². The Morgan fingerprint density at radius 1 is 0.903 bits per heavy atom. The van der Waals surface area contributed by atoms with Gasteiger partial charge in [-0.05, 0) is 29.8 Å². The number of nitrogens with zero attached hydrogens (tertiary/aromatic N) is 2. The number of hydrogen-bond donors (Lipinski definition) is 0. The zero-order chi connectivity index (χ0) is 22.9. The molecule has 166 valence electrons. The highest BCUT2D eigenvalue weighted by atomic mass is 16.6. The molecule has 0 radical (unpaired) electrons. The fourth-order valence-corrected chi connectivity index (χ4v) is 2.99. The number of carbonyl (C=O) groups is 3. The molecule has 0 amide bonds. The van der Waals surface area contributed by atoms with Gasteiger partial charge in [-0.2, -0.15) is 0 Å². The number of aromatic nitrogens is 1. The van der Waals surface area contributed by atoms with E-state index in [1.807, 2.05) is 30.1 Å². The fourth-order valence-electron chi connectivity index (χ4n) is 2.99. The third kappa shape index (κ3) is 5.50. The van der Waals surface area contributed by atoms with Crippen LogP contribution in [0, 0.1) is 5.41 Å². The van der Waals surface area contributed by atoms with Crippen LogP contribution in [0.3, 0.4) is 0 Å². The van der Waals surface area contributed by atoms with Crippen molar-refractivity contribution >= 4 is 23.7 Å². The van der Waals surface area contributed by atoms with Crippen LogP contribution in [0.1, 0.15) is 5.56 Å². The zero-order valence-electron chi connectivity index (χ0n) is 18.0. The summed E-state index contributed by atoms with van der Waals surface area (Å²) < 4.78 is 19.8. The largest absolute Gasteiger partial charge is 0.492 e. The number of rotatable bonds is 10. The van der Waals surface area contributed by atoms with Gasteiger partial charge in [-0.1, -0.05) is 18.2 Å². The Morgan fingerprint density at radius 3 is 1.97 bits per heavy atom. The van der Waals surface area contributed by atoms with Crippen LogP contribution in [-0.2, 0) is 35.0 Å². The molecule has 0 N–H and O–H groups in total. The zero-order valence-corrected chi connectivity index (χ0v) is 18.0. The van der Waals surface area contributed by atoms with E-state index >= 15 is 0 Å². The van der Waals surface area contributed by atoms with Gasteiger partial charge in [0.25, 0.3) is 5.41 Å². The predicted molar refractivity (Wildman–Crippen MR) is 112 cm³/mol. The highest BCUT2D eigenvalue weighted by Gasteiger charge is 2.56. The molecule has 0 unspecified atom stereocenters. The number of pyridine rings is 1. The molecule has 9 heteroatoms. The van der Waals surface area contributed by atoms with Crippen LogP contribution >= 0.6 is 0 Å². The number of likely N-dealkylation sites (N-methyl/N-ethyl adjacent to an activating group) is 1. The number of hydrogen-bond acceptors (Lipinski definition) is 9. The molecule has 0 aliphatic heterocycles. The van der Waals surface area contributed by atoms with E-state index in [0.717, 1.165) is 27.1 Å². The molecule has 0 fully saturated rings. The lowest BCUT2D eigenvalue weighted by Crippen LogP contribution is -2.50. The minimum Gasteiger partial charge on any atom is -0.492 e. The number of carbonyl (C=O) groups excluding carboxylic acids is 3. The van der Waals surface area contributed by atoms with Crippen LogP contribution in [0.5, 0.6) is 5.75 Å². The summed E-state index contributed by atoms with van der Waals surface area (Å²) in [5.41, 5.74) is -1.72. The maximum absolute atomic E-state index is 12.4. The molecule has 0 aliphatic carbocycles. The first-order valence-electron chi connectivity index (χ1n) is 9.48. The maximum Gasteiger partial charge on any atom is 0.335 e. The summed E-state index contributed by atoms with van der Waals surface area (Å²) in [5, 5.41) is 0. The Morgan fingerprint density at radius 2 is 1.48 bits per heavy atom. The number of benzene rings is 1. The van der Waals surface area contributed by atoms with Crippen LogP contribution < -0.4 is 9.64 Å². The van der Waals surface area contributed by atoms with E-state index in [9.17, 15) is 14.4 Å². The van der Waals surface area contributed by atoms with Gasteiger partial charge < -0.3 is 23.8 Å². The normalized spacial score (nSPS) is 10.7. The highest BCUT2D eigenvalue weighted by Crippen LogP contribution is 2.29. The van der Waals surface area contributed by atoms with Gasteiger partial charge in [-0.25, -0.2) is 4.98 Å². The van der Waals surface area contributed by atoms with E-state index in [4.69, 9.17) is 18.9 Å². The van der Waals surface area contributed by atoms with Gasteiger partial charge in [0.1, 0.15) is 18.2 Å². The summed E-state index contributed by atoms with van der Waals surface area (Å²) in [7, 11) is 5.17. The summed E-state index contributed by atoms with van der Waals surface area (Å²) in [6.07, 6.45) is 1.45. The van der Waals surface area contributed by atoms with E-state index < -0.39 is 23.3 Å². The first kappa shape index (κ1) is 23.7. The van der Waals surface area contributed by atoms with E-state index in [1.165, 1.54) is 0 Å². The van der Waals surface area contributed by atoms with Crippen molar-refractivity contribution < 1.29 is 33.3 Å². The van der Waals surface area contributed by atoms with Gasteiger partial charge in [0, 0.05) is 19.7 Å². The molecule has 9 nitrogen and oxygen atoms in total. The average Bonchev–Trinajstić information content (AvgIpc) is 2.82. The molecule has 0 saturated heterocycles. The van der Waals surface area contributed by atoms with Crippen molar-refractivity contribution in [1.29, 1.82) is 0 Å². The summed E-state index contributed by atoms with van der Waals surface area (Å²) in [6, 6.07) is 12.4. The molecule has 0 bridgehead atoms. The molecule has 2 aromatic rings. The molecule has 31 heavy (non-hydrogen) atoms. The first-order valence-corrected chi connectivity index (χ1v) is 9.48. The Balaban J connectivity index is 2.07. The number of esters is 3. The Labute approximate surface area is 180 Å². The van der Waals surface area contributed by atoms with E-state index in [1.54, 1.807) is 30.5 Å². The van der Waals surface area contributed by atoms with Crippen molar-refractivity contribution in [1.82, 2.24) is 4.98 Å². The maximum atomic E-state index is 12.4. The first-order chi connectivity index (χ1) is 14.9. The second kappa shape index (κ2) is 11.0. The van der Waals surface area contributed by atoms with Crippen LogP contribution in [0.25, 0.3) is 0 Å². The molecule has 2 rings (SSSR count). The molecule has 0 aliphatic rings. The topological polar surface area (TPSA) is 104 Å². The van der Waals surface area contributed by atoms with E-state index in [-0.39, 0.29) is 6.42 Å². The third-order valence-corrected chi connectivity index (χ3v) is 4.73. The standard InChI is InChI=1S/C22H26N2O7/c1-24(18-7-5-6-12-23-18)13-14-31-17-10-8-16(9-11-17)15-22(19(25)28-2,20(26)29-3)21(27)30-4/h5-12H,13-15H2,1-4H3. The minimum atomic E-state index is -2.24. The monoisotopic (exact) mass is 430 g/mol. The smallest absolute Gasteiger partial charge is 0.335 e.